The van der Waals surface area contributed by atoms with Crippen LogP contribution in [0.25, 0.3) is 0 Å². The number of carbonyl (C=O) groups is 1. The molecule has 1 saturated carbocycles. The lowest BCUT2D eigenvalue weighted by atomic mass is 9.94. The molecular formula is C23H37N3O. The summed E-state index contributed by atoms with van der Waals surface area (Å²) in [5.74, 6) is 0.145. The van der Waals surface area contributed by atoms with Gasteiger partial charge in [0.25, 0.3) is 0 Å². The Hall–Kier alpha value is -1.39. The minimum atomic E-state index is 0.0664. The molecule has 3 rings (SSSR count). The SMILES string of the molecule is CCCc1ccc(C(C)NC(=O)CN2CCN(C3CCCCC3)CC2)cc1. The second kappa shape index (κ2) is 10.2. The van der Waals surface area contributed by atoms with Crippen molar-refractivity contribution in [3.05, 3.63) is 35.4 Å². The Morgan fingerprint density at radius 1 is 1.07 bits per heavy atom. The highest BCUT2D eigenvalue weighted by Gasteiger charge is 2.26. The minimum Gasteiger partial charge on any atom is -0.348 e. The molecule has 1 atom stereocenters. The minimum absolute atomic E-state index is 0.0664. The van der Waals surface area contributed by atoms with Crippen LogP contribution in [-0.2, 0) is 11.2 Å². The average Bonchev–Trinajstić information content (AvgIpc) is 2.70. The van der Waals surface area contributed by atoms with E-state index in [4.69, 9.17) is 0 Å². The van der Waals surface area contributed by atoms with E-state index in [1.54, 1.807) is 0 Å². The lowest BCUT2D eigenvalue weighted by Crippen LogP contribution is -2.52. The molecule has 0 bridgehead atoms. The van der Waals surface area contributed by atoms with Gasteiger partial charge in [-0.3, -0.25) is 14.6 Å². The Morgan fingerprint density at radius 3 is 2.37 bits per heavy atom. The van der Waals surface area contributed by atoms with E-state index >= 15 is 0 Å². The summed E-state index contributed by atoms with van der Waals surface area (Å²) in [5.41, 5.74) is 2.56. The summed E-state index contributed by atoms with van der Waals surface area (Å²) in [4.78, 5) is 17.5. The van der Waals surface area contributed by atoms with Crippen molar-refractivity contribution in [3.63, 3.8) is 0 Å². The fourth-order valence-electron chi connectivity index (χ4n) is 4.57. The van der Waals surface area contributed by atoms with E-state index in [0.29, 0.717) is 6.54 Å². The molecule has 1 heterocycles. The summed E-state index contributed by atoms with van der Waals surface area (Å²) in [7, 11) is 0. The van der Waals surface area contributed by atoms with Crippen LogP contribution in [0.15, 0.2) is 24.3 Å². The summed E-state index contributed by atoms with van der Waals surface area (Å²) < 4.78 is 0. The summed E-state index contributed by atoms with van der Waals surface area (Å²) in [6.45, 7) is 9.07. The molecule has 1 saturated heterocycles. The van der Waals surface area contributed by atoms with Crippen molar-refractivity contribution < 1.29 is 4.79 Å². The number of hydrogen-bond donors (Lipinski definition) is 1. The summed E-state index contributed by atoms with van der Waals surface area (Å²) in [6, 6.07) is 9.54. The molecular weight excluding hydrogens is 334 g/mol. The predicted molar refractivity (Wildman–Crippen MR) is 112 cm³/mol. The molecule has 0 radical (unpaired) electrons. The third-order valence-corrected chi connectivity index (χ3v) is 6.26. The largest absolute Gasteiger partial charge is 0.348 e. The zero-order valence-corrected chi connectivity index (χ0v) is 17.3. The average molecular weight is 372 g/mol. The van der Waals surface area contributed by atoms with Gasteiger partial charge in [-0.25, -0.2) is 0 Å². The Kier molecular flexibility index (Phi) is 7.71. The molecule has 1 aliphatic heterocycles. The van der Waals surface area contributed by atoms with Gasteiger partial charge in [-0.15, -0.1) is 0 Å². The van der Waals surface area contributed by atoms with Crippen LogP contribution in [0.2, 0.25) is 0 Å². The fraction of sp³-hybridized carbons (Fsp3) is 0.696. The van der Waals surface area contributed by atoms with Gasteiger partial charge in [0.05, 0.1) is 12.6 Å². The van der Waals surface area contributed by atoms with E-state index in [-0.39, 0.29) is 11.9 Å². The highest BCUT2D eigenvalue weighted by atomic mass is 16.2. The number of carbonyl (C=O) groups excluding carboxylic acids is 1. The monoisotopic (exact) mass is 371 g/mol. The standard InChI is InChI=1S/C23H37N3O/c1-3-7-20-10-12-21(13-11-20)19(2)24-23(27)18-25-14-16-26(17-15-25)22-8-5-4-6-9-22/h10-13,19,22H,3-9,14-18H2,1-2H3,(H,24,27). The van der Waals surface area contributed by atoms with E-state index in [2.05, 4.69) is 53.2 Å². The van der Waals surface area contributed by atoms with Crippen molar-refractivity contribution in [1.29, 1.82) is 0 Å². The molecule has 4 heteroatoms. The van der Waals surface area contributed by atoms with Crippen molar-refractivity contribution in [2.45, 2.75) is 70.9 Å². The van der Waals surface area contributed by atoms with Gasteiger partial charge >= 0.3 is 0 Å². The third-order valence-electron chi connectivity index (χ3n) is 6.26. The van der Waals surface area contributed by atoms with Crippen molar-refractivity contribution in [2.75, 3.05) is 32.7 Å². The van der Waals surface area contributed by atoms with Crippen molar-refractivity contribution in [2.24, 2.45) is 0 Å². The molecule has 27 heavy (non-hydrogen) atoms. The smallest absolute Gasteiger partial charge is 0.234 e. The van der Waals surface area contributed by atoms with Gasteiger partial charge in [0.2, 0.25) is 5.91 Å². The van der Waals surface area contributed by atoms with Gasteiger partial charge in [-0.2, -0.15) is 0 Å². The molecule has 1 aromatic rings. The Balaban J connectivity index is 1.40. The highest BCUT2D eigenvalue weighted by molar-refractivity contribution is 5.78. The number of hydrogen-bond acceptors (Lipinski definition) is 3. The third kappa shape index (κ3) is 6.05. The first-order chi connectivity index (χ1) is 13.2. The maximum atomic E-state index is 12.5. The normalized spacial score (nSPS) is 21.1. The van der Waals surface area contributed by atoms with Gasteiger partial charge < -0.3 is 5.32 Å². The number of amides is 1. The van der Waals surface area contributed by atoms with E-state index in [1.165, 1.54) is 49.7 Å². The molecule has 1 aliphatic carbocycles. The first-order valence-corrected chi connectivity index (χ1v) is 11.0. The Morgan fingerprint density at radius 2 is 1.74 bits per heavy atom. The number of benzene rings is 1. The van der Waals surface area contributed by atoms with E-state index in [9.17, 15) is 4.79 Å². The van der Waals surface area contributed by atoms with Crippen molar-refractivity contribution in [1.82, 2.24) is 15.1 Å². The van der Waals surface area contributed by atoms with Gasteiger partial charge in [-0.05, 0) is 37.3 Å². The zero-order valence-electron chi connectivity index (χ0n) is 17.3. The van der Waals surface area contributed by atoms with Gasteiger partial charge in [-0.1, -0.05) is 56.9 Å². The first kappa shape index (κ1) is 20.3. The van der Waals surface area contributed by atoms with Crippen LogP contribution in [0.5, 0.6) is 0 Å². The molecule has 4 nitrogen and oxygen atoms in total. The Bertz CT molecular complexity index is 572. The number of piperazine rings is 1. The van der Waals surface area contributed by atoms with Gasteiger partial charge in [0.15, 0.2) is 0 Å². The van der Waals surface area contributed by atoms with Gasteiger partial charge in [0.1, 0.15) is 0 Å². The molecule has 150 valence electrons. The van der Waals surface area contributed by atoms with Crippen LogP contribution in [0.1, 0.15) is 69.5 Å². The molecule has 1 amide bonds. The second-order valence-corrected chi connectivity index (χ2v) is 8.38. The number of nitrogens with one attached hydrogen (secondary N) is 1. The maximum Gasteiger partial charge on any atom is 0.234 e. The zero-order chi connectivity index (χ0) is 19.1. The van der Waals surface area contributed by atoms with E-state index in [0.717, 1.165) is 38.6 Å². The van der Waals surface area contributed by atoms with Crippen LogP contribution < -0.4 is 5.32 Å². The highest BCUT2D eigenvalue weighted by Crippen LogP contribution is 2.23. The van der Waals surface area contributed by atoms with Crippen LogP contribution in [0.4, 0.5) is 0 Å². The van der Waals surface area contributed by atoms with Crippen molar-refractivity contribution >= 4 is 5.91 Å². The van der Waals surface area contributed by atoms with E-state index < -0.39 is 0 Å². The topological polar surface area (TPSA) is 35.6 Å². The summed E-state index contributed by atoms with van der Waals surface area (Å²) >= 11 is 0. The molecule has 2 aliphatic rings. The number of nitrogens with zero attached hydrogens (tertiary/aromatic N) is 2. The Labute approximate surface area is 165 Å². The lowest BCUT2D eigenvalue weighted by molar-refractivity contribution is -0.123. The summed E-state index contributed by atoms with van der Waals surface area (Å²) in [6.07, 6.45) is 9.23. The van der Waals surface area contributed by atoms with Gasteiger partial charge in [0, 0.05) is 32.2 Å². The summed E-state index contributed by atoms with van der Waals surface area (Å²) in [5, 5.41) is 3.18. The first-order valence-electron chi connectivity index (χ1n) is 11.0. The van der Waals surface area contributed by atoms with Crippen LogP contribution in [0.3, 0.4) is 0 Å². The second-order valence-electron chi connectivity index (χ2n) is 8.38. The van der Waals surface area contributed by atoms with Crippen molar-refractivity contribution in [3.8, 4) is 0 Å². The molecule has 1 unspecified atom stereocenters. The molecule has 0 aromatic heterocycles. The van der Waals surface area contributed by atoms with Crippen LogP contribution >= 0.6 is 0 Å². The lowest BCUT2D eigenvalue weighted by Gasteiger charge is -2.40. The fourth-order valence-corrected chi connectivity index (χ4v) is 4.57. The molecule has 0 spiro atoms. The van der Waals surface area contributed by atoms with Crippen LogP contribution in [0, 0.1) is 0 Å². The number of rotatable bonds is 7. The maximum absolute atomic E-state index is 12.5. The van der Waals surface area contributed by atoms with Crippen LogP contribution in [-0.4, -0.2) is 54.5 Å². The van der Waals surface area contributed by atoms with E-state index in [1.807, 2.05) is 0 Å². The predicted octanol–water partition coefficient (Wildman–Crippen LogP) is 3.77. The number of aryl methyl sites for hydroxylation is 1. The quantitative estimate of drug-likeness (QED) is 0.792. The molecule has 1 aromatic carbocycles. The molecule has 2 fully saturated rings. The molecule has 1 N–H and O–H groups in total.